The van der Waals surface area contributed by atoms with Crippen molar-refractivity contribution in [2.24, 2.45) is 0 Å². The molecule has 0 aliphatic rings. The fourth-order valence-corrected chi connectivity index (χ4v) is 1.83. The van der Waals surface area contributed by atoms with Gasteiger partial charge in [-0.2, -0.15) is 0 Å². The Kier molecular flexibility index (Phi) is 4.06. The van der Waals surface area contributed by atoms with Crippen molar-refractivity contribution in [3.8, 4) is 5.88 Å². The van der Waals surface area contributed by atoms with Crippen molar-refractivity contribution < 1.29 is 18.6 Å². The molecule has 1 aromatic carbocycles. The van der Waals surface area contributed by atoms with Gasteiger partial charge in [0.15, 0.2) is 0 Å². The highest BCUT2D eigenvalue weighted by Gasteiger charge is 2.16. The van der Waals surface area contributed by atoms with Crippen LogP contribution in [0.25, 0.3) is 0 Å². The van der Waals surface area contributed by atoms with Gasteiger partial charge in [-0.1, -0.05) is 6.07 Å². The number of nitrogens with zero attached hydrogens (tertiary/aromatic N) is 1. The zero-order chi connectivity index (χ0) is 13.8. The highest BCUT2D eigenvalue weighted by Crippen LogP contribution is 2.26. The quantitative estimate of drug-likeness (QED) is 0.924. The SMILES string of the molecule is COc1ncccc1C(O)Cc1ccc(F)cc1F. The molecule has 0 bridgehead atoms. The van der Waals surface area contributed by atoms with Crippen LogP contribution in [0.15, 0.2) is 36.5 Å². The number of halogens is 2. The Bertz CT molecular complexity index is 575. The molecule has 0 radical (unpaired) electrons. The summed E-state index contributed by atoms with van der Waals surface area (Å²) in [4.78, 5) is 3.96. The zero-order valence-corrected chi connectivity index (χ0v) is 10.3. The van der Waals surface area contributed by atoms with Crippen LogP contribution in [-0.2, 0) is 6.42 Å². The maximum Gasteiger partial charge on any atom is 0.218 e. The number of methoxy groups -OCH3 is 1. The third-order valence-electron chi connectivity index (χ3n) is 2.78. The van der Waals surface area contributed by atoms with Crippen molar-refractivity contribution in [2.75, 3.05) is 7.11 Å². The number of aromatic nitrogens is 1. The lowest BCUT2D eigenvalue weighted by Crippen LogP contribution is -2.06. The second-order valence-electron chi connectivity index (χ2n) is 4.06. The van der Waals surface area contributed by atoms with Gasteiger partial charge in [0, 0.05) is 24.2 Å². The first-order chi connectivity index (χ1) is 9.11. The van der Waals surface area contributed by atoms with Crippen LogP contribution < -0.4 is 4.74 Å². The predicted octanol–water partition coefficient (Wildman–Crippen LogP) is 2.64. The number of hydrogen-bond donors (Lipinski definition) is 1. The molecule has 1 atom stereocenters. The van der Waals surface area contributed by atoms with Crippen molar-refractivity contribution >= 4 is 0 Å². The molecule has 0 spiro atoms. The number of ether oxygens (including phenoxy) is 1. The van der Waals surface area contributed by atoms with Crippen LogP contribution in [0.5, 0.6) is 5.88 Å². The zero-order valence-electron chi connectivity index (χ0n) is 10.3. The molecule has 1 heterocycles. The first-order valence-electron chi connectivity index (χ1n) is 5.72. The van der Waals surface area contributed by atoms with Gasteiger partial charge in [0.2, 0.25) is 5.88 Å². The lowest BCUT2D eigenvalue weighted by molar-refractivity contribution is 0.171. The summed E-state index contributed by atoms with van der Waals surface area (Å²) in [6.45, 7) is 0. The fourth-order valence-electron chi connectivity index (χ4n) is 1.83. The van der Waals surface area contributed by atoms with Crippen LogP contribution in [0.4, 0.5) is 8.78 Å². The standard InChI is InChI=1S/C14H13F2NO2/c1-19-14-11(3-2-6-17-14)13(18)7-9-4-5-10(15)8-12(9)16/h2-6,8,13,18H,7H2,1H3. The van der Waals surface area contributed by atoms with Gasteiger partial charge in [-0.05, 0) is 23.8 Å². The average Bonchev–Trinajstić information content (AvgIpc) is 2.41. The molecule has 100 valence electrons. The molecule has 0 aliphatic heterocycles. The normalized spacial score (nSPS) is 12.2. The van der Waals surface area contributed by atoms with E-state index < -0.39 is 17.7 Å². The van der Waals surface area contributed by atoms with E-state index in [4.69, 9.17) is 4.74 Å². The van der Waals surface area contributed by atoms with Gasteiger partial charge < -0.3 is 9.84 Å². The summed E-state index contributed by atoms with van der Waals surface area (Å²) in [5, 5.41) is 10.1. The molecule has 1 aromatic heterocycles. The molecule has 0 aliphatic carbocycles. The van der Waals surface area contributed by atoms with Crippen LogP contribution >= 0.6 is 0 Å². The van der Waals surface area contributed by atoms with E-state index in [1.807, 2.05) is 0 Å². The smallest absolute Gasteiger partial charge is 0.218 e. The van der Waals surface area contributed by atoms with E-state index in [0.29, 0.717) is 5.56 Å². The van der Waals surface area contributed by atoms with E-state index in [0.717, 1.165) is 12.1 Å². The summed E-state index contributed by atoms with van der Waals surface area (Å²) in [5.74, 6) is -1.03. The Morgan fingerprint density at radius 2 is 2.11 bits per heavy atom. The van der Waals surface area contributed by atoms with E-state index in [9.17, 15) is 13.9 Å². The number of hydrogen-bond acceptors (Lipinski definition) is 3. The van der Waals surface area contributed by atoms with Crippen LogP contribution in [0, 0.1) is 11.6 Å². The molecule has 0 saturated heterocycles. The summed E-state index contributed by atoms with van der Waals surface area (Å²) in [5.41, 5.74) is 0.702. The van der Waals surface area contributed by atoms with E-state index in [-0.39, 0.29) is 17.9 Å². The maximum atomic E-state index is 13.5. The summed E-state index contributed by atoms with van der Waals surface area (Å²) in [7, 11) is 1.44. The Labute approximate surface area is 109 Å². The van der Waals surface area contributed by atoms with Crippen LogP contribution in [0.2, 0.25) is 0 Å². The first kappa shape index (κ1) is 13.4. The minimum Gasteiger partial charge on any atom is -0.481 e. The average molecular weight is 265 g/mol. The predicted molar refractivity (Wildman–Crippen MR) is 65.8 cm³/mol. The molecule has 5 heteroatoms. The second kappa shape index (κ2) is 5.75. The summed E-state index contributed by atoms with van der Waals surface area (Å²) in [6, 6.07) is 6.57. The molecule has 0 saturated carbocycles. The van der Waals surface area contributed by atoms with Crippen LogP contribution in [-0.4, -0.2) is 17.2 Å². The van der Waals surface area contributed by atoms with Crippen molar-refractivity contribution in [1.29, 1.82) is 0 Å². The Morgan fingerprint density at radius 1 is 1.32 bits per heavy atom. The third kappa shape index (κ3) is 3.06. The molecule has 1 unspecified atom stereocenters. The number of aliphatic hydroxyl groups excluding tert-OH is 1. The van der Waals surface area contributed by atoms with Gasteiger partial charge in [0.1, 0.15) is 11.6 Å². The Balaban J connectivity index is 2.23. The highest BCUT2D eigenvalue weighted by molar-refractivity contribution is 5.30. The van der Waals surface area contributed by atoms with Gasteiger partial charge >= 0.3 is 0 Å². The maximum absolute atomic E-state index is 13.5. The van der Waals surface area contributed by atoms with Gasteiger partial charge in [-0.25, -0.2) is 13.8 Å². The van der Waals surface area contributed by atoms with Crippen molar-refractivity contribution in [2.45, 2.75) is 12.5 Å². The summed E-state index contributed by atoms with van der Waals surface area (Å²) < 4.78 is 31.3. The minimum absolute atomic E-state index is 0.0220. The topological polar surface area (TPSA) is 42.4 Å². The molecular formula is C14H13F2NO2. The van der Waals surface area contributed by atoms with Crippen LogP contribution in [0.3, 0.4) is 0 Å². The minimum atomic E-state index is -0.969. The lowest BCUT2D eigenvalue weighted by Gasteiger charge is -2.14. The molecule has 0 amide bonds. The molecule has 3 nitrogen and oxygen atoms in total. The van der Waals surface area contributed by atoms with Gasteiger partial charge in [-0.3, -0.25) is 0 Å². The second-order valence-corrected chi connectivity index (χ2v) is 4.06. The number of rotatable bonds is 4. The van der Waals surface area contributed by atoms with Crippen molar-refractivity contribution in [3.63, 3.8) is 0 Å². The van der Waals surface area contributed by atoms with E-state index in [1.165, 1.54) is 19.4 Å². The number of benzene rings is 1. The summed E-state index contributed by atoms with van der Waals surface area (Å²) in [6.07, 6.45) is 0.588. The van der Waals surface area contributed by atoms with E-state index >= 15 is 0 Å². The molecule has 2 aromatic rings. The van der Waals surface area contributed by atoms with E-state index in [1.54, 1.807) is 12.1 Å². The third-order valence-corrected chi connectivity index (χ3v) is 2.78. The molecule has 0 fully saturated rings. The largest absolute Gasteiger partial charge is 0.481 e. The summed E-state index contributed by atoms with van der Waals surface area (Å²) >= 11 is 0. The Morgan fingerprint density at radius 3 is 2.79 bits per heavy atom. The van der Waals surface area contributed by atoms with Crippen LogP contribution in [0.1, 0.15) is 17.2 Å². The monoisotopic (exact) mass is 265 g/mol. The fraction of sp³-hybridized carbons (Fsp3) is 0.214. The van der Waals surface area contributed by atoms with Crippen molar-refractivity contribution in [3.05, 3.63) is 59.3 Å². The number of pyridine rings is 1. The molecular weight excluding hydrogens is 252 g/mol. The van der Waals surface area contributed by atoms with Gasteiger partial charge in [-0.15, -0.1) is 0 Å². The van der Waals surface area contributed by atoms with Crippen molar-refractivity contribution in [1.82, 2.24) is 4.98 Å². The Hall–Kier alpha value is -2.01. The highest BCUT2D eigenvalue weighted by atomic mass is 19.1. The van der Waals surface area contributed by atoms with Gasteiger partial charge in [0.25, 0.3) is 0 Å². The molecule has 19 heavy (non-hydrogen) atoms. The lowest BCUT2D eigenvalue weighted by atomic mass is 10.0. The molecule has 1 N–H and O–H groups in total. The number of aliphatic hydroxyl groups is 1. The van der Waals surface area contributed by atoms with E-state index in [2.05, 4.69) is 4.98 Å². The van der Waals surface area contributed by atoms with Gasteiger partial charge in [0.05, 0.1) is 13.2 Å². The first-order valence-corrected chi connectivity index (χ1v) is 5.72. The molecule has 2 rings (SSSR count).